The first-order chi connectivity index (χ1) is 9.48. The Morgan fingerprint density at radius 3 is 2.45 bits per heavy atom. The second kappa shape index (κ2) is 6.10. The highest BCUT2D eigenvalue weighted by molar-refractivity contribution is 6.07. The smallest absolute Gasteiger partial charge is 0.325 e. The van der Waals surface area contributed by atoms with E-state index in [2.05, 4.69) is 24.1 Å². The number of hydrogen-bond donors (Lipinski definition) is 2. The Morgan fingerprint density at radius 1 is 1.25 bits per heavy atom. The van der Waals surface area contributed by atoms with Gasteiger partial charge in [-0.3, -0.25) is 9.69 Å². The zero-order valence-corrected chi connectivity index (χ0v) is 12.4. The van der Waals surface area contributed by atoms with Gasteiger partial charge in [0.2, 0.25) is 0 Å². The van der Waals surface area contributed by atoms with E-state index in [0.717, 1.165) is 31.0 Å². The molecule has 0 aromatic rings. The van der Waals surface area contributed by atoms with Crippen molar-refractivity contribution in [3.8, 4) is 0 Å². The Hall–Kier alpha value is -1.14. The van der Waals surface area contributed by atoms with Crippen molar-refractivity contribution in [1.29, 1.82) is 0 Å². The van der Waals surface area contributed by atoms with Gasteiger partial charge in [0.25, 0.3) is 5.91 Å². The lowest BCUT2D eigenvalue weighted by molar-refractivity contribution is -0.133. The van der Waals surface area contributed by atoms with Gasteiger partial charge in [-0.2, -0.15) is 0 Å². The van der Waals surface area contributed by atoms with E-state index in [0.29, 0.717) is 18.8 Å². The fourth-order valence-corrected chi connectivity index (χ4v) is 2.92. The fourth-order valence-electron chi connectivity index (χ4n) is 2.92. The summed E-state index contributed by atoms with van der Waals surface area (Å²) in [6, 6.07) is -0.361. The predicted octanol–water partition coefficient (Wildman–Crippen LogP) is 0.411. The van der Waals surface area contributed by atoms with Crippen LogP contribution in [0.2, 0.25) is 0 Å². The van der Waals surface area contributed by atoms with Gasteiger partial charge in [0, 0.05) is 13.1 Å². The molecule has 0 saturated carbocycles. The van der Waals surface area contributed by atoms with Crippen LogP contribution in [-0.4, -0.2) is 65.2 Å². The number of nitrogens with zero attached hydrogens (tertiary/aromatic N) is 2. The molecule has 0 aromatic heterocycles. The lowest BCUT2D eigenvalue weighted by atomic mass is 9.87. The van der Waals surface area contributed by atoms with E-state index in [9.17, 15) is 9.59 Å². The van der Waals surface area contributed by atoms with Crippen LogP contribution in [0.3, 0.4) is 0 Å². The van der Waals surface area contributed by atoms with Crippen molar-refractivity contribution in [3.05, 3.63) is 0 Å². The third-order valence-corrected chi connectivity index (χ3v) is 4.30. The molecule has 2 saturated heterocycles. The minimum atomic E-state index is -0.722. The van der Waals surface area contributed by atoms with Crippen LogP contribution in [-0.2, 0) is 4.79 Å². The highest BCUT2D eigenvalue weighted by Crippen LogP contribution is 2.29. The number of imide groups is 1. The van der Waals surface area contributed by atoms with Crippen molar-refractivity contribution in [2.24, 2.45) is 5.92 Å². The molecule has 2 aliphatic rings. The number of aliphatic hydroxyl groups is 1. The predicted molar refractivity (Wildman–Crippen MR) is 75.2 cm³/mol. The van der Waals surface area contributed by atoms with Crippen LogP contribution in [0.1, 0.15) is 33.1 Å². The lowest BCUT2D eigenvalue weighted by Crippen LogP contribution is -2.55. The summed E-state index contributed by atoms with van der Waals surface area (Å²) in [7, 11) is 0. The Kier molecular flexibility index (Phi) is 4.65. The van der Waals surface area contributed by atoms with Crippen LogP contribution in [0.5, 0.6) is 0 Å². The first kappa shape index (κ1) is 15.3. The third kappa shape index (κ3) is 2.96. The van der Waals surface area contributed by atoms with Crippen LogP contribution >= 0.6 is 0 Å². The van der Waals surface area contributed by atoms with E-state index >= 15 is 0 Å². The van der Waals surface area contributed by atoms with Crippen molar-refractivity contribution >= 4 is 11.9 Å². The summed E-state index contributed by atoms with van der Waals surface area (Å²) in [6.45, 7) is 7.05. The summed E-state index contributed by atoms with van der Waals surface area (Å²) in [4.78, 5) is 27.7. The Labute approximate surface area is 120 Å². The Bertz CT molecular complexity index is 376. The first-order valence-electron chi connectivity index (χ1n) is 7.46. The van der Waals surface area contributed by atoms with E-state index < -0.39 is 5.54 Å². The zero-order valence-electron chi connectivity index (χ0n) is 12.4. The van der Waals surface area contributed by atoms with Gasteiger partial charge in [0.05, 0.1) is 13.2 Å². The van der Waals surface area contributed by atoms with Crippen LogP contribution < -0.4 is 5.32 Å². The van der Waals surface area contributed by atoms with Gasteiger partial charge in [-0.25, -0.2) is 4.79 Å². The average molecular weight is 283 g/mol. The summed E-state index contributed by atoms with van der Waals surface area (Å²) in [5.41, 5.74) is -0.722. The molecule has 0 unspecified atom stereocenters. The summed E-state index contributed by atoms with van der Waals surface area (Å²) in [5.74, 6) is 0.513. The highest BCUT2D eigenvalue weighted by Gasteiger charge is 2.51. The van der Waals surface area contributed by atoms with Gasteiger partial charge in [0.15, 0.2) is 0 Å². The summed E-state index contributed by atoms with van der Waals surface area (Å²) < 4.78 is 0. The van der Waals surface area contributed by atoms with Gasteiger partial charge >= 0.3 is 6.03 Å². The Morgan fingerprint density at radius 2 is 1.90 bits per heavy atom. The quantitative estimate of drug-likeness (QED) is 0.717. The molecule has 2 N–H and O–H groups in total. The van der Waals surface area contributed by atoms with E-state index in [4.69, 9.17) is 5.11 Å². The number of hydrogen-bond acceptors (Lipinski definition) is 4. The molecule has 6 nitrogen and oxygen atoms in total. The molecule has 0 bridgehead atoms. The topological polar surface area (TPSA) is 72.9 Å². The second-order valence-corrected chi connectivity index (χ2v) is 6.22. The van der Waals surface area contributed by atoms with Crippen LogP contribution in [0.15, 0.2) is 0 Å². The molecule has 2 heterocycles. The van der Waals surface area contributed by atoms with Crippen LogP contribution in [0.4, 0.5) is 4.79 Å². The molecule has 2 rings (SSSR count). The number of carbonyl (C=O) groups is 2. The maximum absolute atomic E-state index is 12.4. The minimum absolute atomic E-state index is 0.0868. The largest absolute Gasteiger partial charge is 0.395 e. The monoisotopic (exact) mass is 283 g/mol. The minimum Gasteiger partial charge on any atom is -0.395 e. The van der Waals surface area contributed by atoms with Crippen molar-refractivity contribution in [2.45, 2.75) is 38.6 Å². The van der Waals surface area contributed by atoms with Gasteiger partial charge < -0.3 is 15.3 Å². The number of β-amino-alcohol motifs (C(OH)–C–C–N with tert-alkyl or cyclic N) is 1. The van der Waals surface area contributed by atoms with E-state index in [1.54, 1.807) is 0 Å². The lowest BCUT2D eigenvalue weighted by Gasteiger charge is -2.37. The number of nitrogens with one attached hydrogen (secondary N) is 1. The number of amides is 3. The van der Waals surface area contributed by atoms with Crippen LogP contribution in [0.25, 0.3) is 0 Å². The molecule has 0 radical (unpaired) electrons. The van der Waals surface area contributed by atoms with Crippen molar-refractivity contribution < 1.29 is 14.7 Å². The number of rotatable bonds is 5. The molecule has 6 heteroatoms. The third-order valence-electron chi connectivity index (χ3n) is 4.30. The standard InChI is InChI=1S/C14H25N3O3/c1-11(2)3-6-16-7-4-14(5-8-16)12(19)17(9-10-18)13(20)15-14/h11,18H,3-10H2,1-2H3,(H,15,20). The SMILES string of the molecule is CC(C)CCN1CCC2(CC1)NC(=O)N(CCO)C2=O. The maximum atomic E-state index is 12.4. The number of carbonyl (C=O) groups excluding carboxylic acids is 2. The Balaban J connectivity index is 1.92. The summed E-state index contributed by atoms with van der Waals surface area (Å²) >= 11 is 0. The molecule has 114 valence electrons. The molecule has 1 spiro atoms. The first-order valence-corrected chi connectivity index (χ1v) is 7.46. The number of likely N-dealkylation sites (tertiary alicyclic amines) is 1. The maximum Gasteiger partial charge on any atom is 0.325 e. The summed E-state index contributed by atoms with van der Waals surface area (Å²) in [5, 5.41) is 11.8. The summed E-state index contributed by atoms with van der Waals surface area (Å²) in [6.07, 6.45) is 2.49. The van der Waals surface area contributed by atoms with E-state index in [-0.39, 0.29) is 25.1 Å². The van der Waals surface area contributed by atoms with Gasteiger partial charge in [0.1, 0.15) is 5.54 Å². The molecule has 0 atom stereocenters. The molecular formula is C14H25N3O3. The molecule has 0 aliphatic carbocycles. The highest BCUT2D eigenvalue weighted by atomic mass is 16.3. The second-order valence-electron chi connectivity index (χ2n) is 6.22. The number of urea groups is 1. The van der Waals surface area contributed by atoms with Gasteiger partial charge in [-0.1, -0.05) is 13.8 Å². The zero-order chi connectivity index (χ0) is 14.8. The molecule has 2 fully saturated rings. The number of aliphatic hydroxyl groups excluding tert-OH is 1. The van der Waals surface area contributed by atoms with E-state index in [1.165, 1.54) is 0 Å². The molecule has 2 aliphatic heterocycles. The molecule has 3 amide bonds. The normalized spacial score (nSPS) is 22.9. The van der Waals surface area contributed by atoms with E-state index in [1.807, 2.05) is 0 Å². The van der Waals surface area contributed by atoms with Gasteiger partial charge in [-0.15, -0.1) is 0 Å². The van der Waals surface area contributed by atoms with Crippen molar-refractivity contribution in [2.75, 3.05) is 32.8 Å². The van der Waals surface area contributed by atoms with Crippen LogP contribution in [0, 0.1) is 5.92 Å². The fraction of sp³-hybridized carbons (Fsp3) is 0.857. The number of piperidine rings is 1. The van der Waals surface area contributed by atoms with Crippen molar-refractivity contribution in [1.82, 2.24) is 15.1 Å². The van der Waals surface area contributed by atoms with Gasteiger partial charge in [-0.05, 0) is 31.7 Å². The van der Waals surface area contributed by atoms with Crippen molar-refractivity contribution in [3.63, 3.8) is 0 Å². The average Bonchev–Trinajstić information content (AvgIpc) is 2.63. The molecule has 0 aromatic carbocycles. The molecule has 20 heavy (non-hydrogen) atoms. The molecular weight excluding hydrogens is 258 g/mol.